The van der Waals surface area contributed by atoms with Gasteiger partial charge in [0.05, 0.1) is 0 Å². The highest BCUT2D eigenvalue weighted by atomic mass is 35.7. The maximum Gasteiger partial charge on any atom is 0.360 e. The fourth-order valence-electron chi connectivity index (χ4n) is 2.67. The molecule has 23 heavy (non-hydrogen) atoms. The molecule has 5 heteroatoms. The van der Waals surface area contributed by atoms with Crippen LogP contribution in [0.2, 0.25) is 5.02 Å². The predicted octanol–water partition coefficient (Wildman–Crippen LogP) is 6.85. The summed E-state index contributed by atoms with van der Waals surface area (Å²) in [6.45, 7) is 2.79. The maximum atomic E-state index is 12.6. The third kappa shape index (κ3) is 3.35. The first kappa shape index (κ1) is 16.6. The van der Waals surface area contributed by atoms with Crippen molar-refractivity contribution in [2.75, 3.05) is 0 Å². The van der Waals surface area contributed by atoms with E-state index < -0.39 is 6.72 Å². The molecule has 0 fully saturated rings. The Morgan fingerprint density at radius 2 is 1.74 bits per heavy atom. The lowest BCUT2D eigenvalue weighted by atomic mass is 9.83. The largest absolute Gasteiger partial charge is 0.429 e. The van der Waals surface area contributed by atoms with Crippen molar-refractivity contribution in [2.24, 2.45) is 0 Å². The van der Waals surface area contributed by atoms with Crippen molar-refractivity contribution in [3.63, 3.8) is 0 Å². The highest BCUT2D eigenvalue weighted by Gasteiger charge is 2.33. The molecular weight excluding hydrogens is 350 g/mol. The summed E-state index contributed by atoms with van der Waals surface area (Å²) in [5, 5.41) is 0.616. The zero-order valence-corrected chi connectivity index (χ0v) is 15.5. The third-order valence-electron chi connectivity index (χ3n) is 3.74. The molecule has 1 aliphatic rings. The van der Waals surface area contributed by atoms with Crippen LogP contribution in [0.5, 0.6) is 5.75 Å². The molecular formula is C18H17Cl2O2P. The summed E-state index contributed by atoms with van der Waals surface area (Å²) in [7, 11) is 0. The highest BCUT2D eigenvalue weighted by molar-refractivity contribution is 7.88. The van der Waals surface area contributed by atoms with Crippen molar-refractivity contribution in [2.45, 2.75) is 26.2 Å². The second kappa shape index (κ2) is 5.70. The van der Waals surface area contributed by atoms with Crippen LogP contribution >= 0.6 is 29.6 Å². The molecule has 0 saturated carbocycles. The fraction of sp³-hybridized carbons (Fsp3) is 0.222. The number of benzene rings is 2. The Kier molecular flexibility index (Phi) is 4.13. The van der Waals surface area contributed by atoms with Crippen molar-refractivity contribution >= 4 is 35.1 Å². The SMILES string of the molecule is CC(C)(C)c1cc(Cl)cc2c1OP(=O)(Cl)C=C2c1ccccc1. The average molecular weight is 367 g/mol. The van der Waals surface area contributed by atoms with E-state index in [2.05, 4.69) is 20.8 Å². The monoisotopic (exact) mass is 366 g/mol. The summed E-state index contributed by atoms with van der Waals surface area (Å²) >= 11 is 12.5. The fourth-order valence-corrected chi connectivity index (χ4v) is 4.48. The molecule has 1 heterocycles. The molecule has 0 N–H and O–H groups in total. The van der Waals surface area contributed by atoms with Gasteiger partial charge in [-0.05, 0) is 34.4 Å². The van der Waals surface area contributed by atoms with E-state index in [1.165, 1.54) is 5.82 Å². The zero-order chi connectivity index (χ0) is 16.8. The van der Waals surface area contributed by atoms with Crippen LogP contribution in [0.25, 0.3) is 5.57 Å². The second-order valence-electron chi connectivity index (χ2n) is 6.60. The van der Waals surface area contributed by atoms with Crippen molar-refractivity contribution < 1.29 is 9.09 Å². The summed E-state index contributed by atoms with van der Waals surface area (Å²) < 4.78 is 18.2. The standard InChI is InChI=1S/C18H17Cl2O2P/c1-18(2,3)16-10-13(19)9-14-15(12-7-5-4-6-8-12)11-23(20,21)22-17(14)16/h4-11H,1-3H3. The van der Waals surface area contributed by atoms with E-state index in [9.17, 15) is 4.57 Å². The van der Waals surface area contributed by atoms with Crippen molar-refractivity contribution in [1.29, 1.82) is 0 Å². The first-order valence-electron chi connectivity index (χ1n) is 7.29. The number of rotatable bonds is 1. The molecule has 0 aromatic heterocycles. The Labute approximate surface area is 146 Å². The lowest BCUT2D eigenvalue weighted by Gasteiger charge is -2.29. The van der Waals surface area contributed by atoms with Crippen LogP contribution in [0.3, 0.4) is 0 Å². The van der Waals surface area contributed by atoms with Gasteiger partial charge in [0.25, 0.3) is 0 Å². The van der Waals surface area contributed by atoms with Gasteiger partial charge in [-0.15, -0.1) is 0 Å². The molecule has 1 unspecified atom stereocenters. The topological polar surface area (TPSA) is 26.3 Å². The van der Waals surface area contributed by atoms with Gasteiger partial charge in [-0.1, -0.05) is 62.7 Å². The van der Waals surface area contributed by atoms with Crippen LogP contribution in [-0.2, 0) is 9.98 Å². The van der Waals surface area contributed by atoms with Gasteiger partial charge in [-0.3, -0.25) is 4.57 Å². The molecule has 0 bridgehead atoms. The van der Waals surface area contributed by atoms with Crippen LogP contribution in [0.1, 0.15) is 37.5 Å². The highest BCUT2D eigenvalue weighted by Crippen LogP contribution is 2.62. The predicted molar refractivity (Wildman–Crippen MR) is 97.8 cm³/mol. The van der Waals surface area contributed by atoms with Gasteiger partial charge in [-0.2, -0.15) is 0 Å². The molecule has 0 radical (unpaired) electrons. The van der Waals surface area contributed by atoms with Crippen molar-refractivity contribution in [3.05, 3.63) is 70.0 Å². The van der Waals surface area contributed by atoms with Crippen molar-refractivity contribution in [3.8, 4) is 5.75 Å². The first-order chi connectivity index (χ1) is 10.7. The molecule has 0 aliphatic carbocycles. The van der Waals surface area contributed by atoms with Crippen LogP contribution in [0, 0.1) is 0 Å². The number of hydrogen-bond acceptors (Lipinski definition) is 2. The van der Waals surface area contributed by atoms with Gasteiger partial charge < -0.3 is 4.52 Å². The molecule has 0 spiro atoms. The van der Waals surface area contributed by atoms with Crippen LogP contribution in [0.4, 0.5) is 0 Å². The second-order valence-corrected chi connectivity index (χ2v) is 9.93. The Hall–Kier alpha value is -1.21. The minimum absolute atomic E-state index is 0.217. The van der Waals surface area contributed by atoms with Gasteiger partial charge >= 0.3 is 6.72 Å². The van der Waals surface area contributed by atoms with Gasteiger partial charge in [0.15, 0.2) is 0 Å². The molecule has 0 amide bonds. The third-order valence-corrected chi connectivity index (χ3v) is 5.45. The van der Waals surface area contributed by atoms with Crippen LogP contribution in [-0.4, -0.2) is 0 Å². The van der Waals surface area contributed by atoms with Crippen LogP contribution < -0.4 is 4.52 Å². The zero-order valence-electron chi connectivity index (χ0n) is 13.1. The van der Waals surface area contributed by atoms with E-state index in [1.54, 1.807) is 0 Å². The van der Waals surface area contributed by atoms with Crippen LogP contribution in [0.15, 0.2) is 48.3 Å². The summed E-state index contributed by atoms with van der Waals surface area (Å²) in [5.41, 5.74) is 3.21. The van der Waals surface area contributed by atoms with Gasteiger partial charge in [0.1, 0.15) is 5.75 Å². The van der Waals surface area contributed by atoms with E-state index in [1.807, 2.05) is 42.5 Å². The van der Waals surface area contributed by atoms with E-state index in [0.717, 1.165) is 22.3 Å². The molecule has 2 aromatic carbocycles. The Balaban J connectivity index is 2.32. The molecule has 2 aromatic rings. The number of fused-ring (bicyclic) bond motifs is 1. The number of hydrogen-bond donors (Lipinski definition) is 0. The van der Waals surface area contributed by atoms with Crippen molar-refractivity contribution in [1.82, 2.24) is 0 Å². The molecule has 120 valence electrons. The Morgan fingerprint density at radius 3 is 2.35 bits per heavy atom. The van der Waals surface area contributed by atoms with E-state index in [0.29, 0.717) is 10.8 Å². The van der Waals surface area contributed by atoms with E-state index in [-0.39, 0.29) is 5.41 Å². The first-order valence-corrected chi connectivity index (χ1v) is 10.3. The molecule has 1 aliphatic heterocycles. The molecule has 1 atom stereocenters. The summed E-state index contributed by atoms with van der Waals surface area (Å²) in [4.78, 5) is 0. The smallest absolute Gasteiger partial charge is 0.360 e. The average Bonchev–Trinajstić information content (AvgIpc) is 2.45. The van der Waals surface area contributed by atoms with Gasteiger partial charge in [-0.25, -0.2) is 0 Å². The van der Waals surface area contributed by atoms with Gasteiger partial charge in [0, 0.05) is 27.5 Å². The molecule has 2 nitrogen and oxygen atoms in total. The normalized spacial score (nSPS) is 20.5. The minimum Gasteiger partial charge on any atom is -0.429 e. The lowest BCUT2D eigenvalue weighted by molar-refractivity contribution is 0.486. The number of halogens is 2. The summed E-state index contributed by atoms with van der Waals surface area (Å²) in [6, 6.07) is 13.4. The molecule has 3 rings (SSSR count). The minimum atomic E-state index is -3.39. The lowest BCUT2D eigenvalue weighted by Crippen LogP contribution is -2.15. The van der Waals surface area contributed by atoms with E-state index >= 15 is 0 Å². The summed E-state index contributed by atoms with van der Waals surface area (Å²) in [6.07, 6.45) is 0. The van der Waals surface area contributed by atoms with Gasteiger partial charge in [0.2, 0.25) is 0 Å². The summed E-state index contributed by atoms with van der Waals surface area (Å²) in [5.74, 6) is 2.07. The Morgan fingerprint density at radius 1 is 1.09 bits per heavy atom. The van der Waals surface area contributed by atoms with E-state index in [4.69, 9.17) is 27.4 Å². The Bertz CT molecular complexity index is 836. The quantitative estimate of drug-likeness (QED) is 0.515. The maximum absolute atomic E-state index is 12.6. The molecule has 0 saturated heterocycles.